The Balaban J connectivity index is 1.42. The third-order valence-corrected chi connectivity index (χ3v) is 7.54. The summed E-state index contributed by atoms with van der Waals surface area (Å²) in [4.78, 5) is 30.3. The first-order chi connectivity index (χ1) is 18.0. The van der Waals surface area contributed by atoms with E-state index in [0.717, 1.165) is 16.9 Å². The number of halogens is 2. The average molecular weight is 538 g/mol. The Morgan fingerprint density at radius 3 is 2.81 bits per heavy atom. The van der Waals surface area contributed by atoms with E-state index in [1.165, 1.54) is 18.6 Å². The minimum Gasteiger partial charge on any atom is -0.347 e. The minimum absolute atomic E-state index is 0.170. The maximum atomic E-state index is 15.0. The lowest BCUT2D eigenvalue weighted by Crippen LogP contribution is -2.45. The van der Waals surface area contributed by atoms with Gasteiger partial charge in [0.05, 0.1) is 23.5 Å². The predicted molar refractivity (Wildman–Crippen MR) is 138 cm³/mol. The second kappa shape index (κ2) is 9.61. The Hall–Kier alpha value is -3.74. The summed E-state index contributed by atoms with van der Waals surface area (Å²) in [7, 11) is 0. The molecule has 37 heavy (non-hydrogen) atoms. The standard InChI is InChI=1S/C24H21ClFN9OS/c25-20-10-29-24(37-20)23(36)32-13-5-12(27)6-14(7-13)35-19-8-17(21-30-11-31-34-21)28-9-18(19)33-22(35)15-3-1-2-4-16(15)26/h1-4,8-14H,5-7,27H2,(H,32,36)(H,30,31,34). The number of hydrogen-bond donors (Lipinski definition) is 3. The highest BCUT2D eigenvalue weighted by molar-refractivity contribution is 7.17. The van der Waals surface area contributed by atoms with Crippen molar-refractivity contribution < 1.29 is 9.18 Å². The Kier molecular flexibility index (Phi) is 6.14. The van der Waals surface area contributed by atoms with Crippen LogP contribution >= 0.6 is 22.9 Å². The highest BCUT2D eigenvalue weighted by Crippen LogP contribution is 2.37. The van der Waals surface area contributed by atoms with Gasteiger partial charge >= 0.3 is 0 Å². The number of hydrogen-bond acceptors (Lipinski definition) is 8. The number of carbonyl (C=O) groups excluding carboxylic acids is 1. The van der Waals surface area contributed by atoms with Gasteiger partial charge in [0.2, 0.25) is 0 Å². The third-order valence-electron chi connectivity index (χ3n) is 6.43. The van der Waals surface area contributed by atoms with Crippen molar-refractivity contribution in [2.24, 2.45) is 5.73 Å². The van der Waals surface area contributed by atoms with Gasteiger partial charge < -0.3 is 15.6 Å². The fourth-order valence-corrected chi connectivity index (χ4v) is 5.74. The maximum absolute atomic E-state index is 15.0. The Morgan fingerprint density at radius 1 is 1.19 bits per heavy atom. The number of nitrogens with zero attached hydrogens (tertiary/aromatic N) is 6. The van der Waals surface area contributed by atoms with E-state index in [1.54, 1.807) is 24.4 Å². The van der Waals surface area contributed by atoms with Gasteiger partial charge in [-0.2, -0.15) is 5.10 Å². The van der Waals surface area contributed by atoms with Crippen LogP contribution in [0, 0.1) is 5.82 Å². The molecule has 5 aromatic rings. The van der Waals surface area contributed by atoms with Crippen molar-refractivity contribution in [2.45, 2.75) is 37.4 Å². The van der Waals surface area contributed by atoms with Crippen LogP contribution in [0.1, 0.15) is 35.1 Å². The molecule has 1 fully saturated rings. The van der Waals surface area contributed by atoms with Crippen LogP contribution in [-0.2, 0) is 0 Å². The predicted octanol–water partition coefficient (Wildman–Crippen LogP) is 3.98. The van der Waals surface area contributed by atoms with Crippen LogP contribution < -0.4 is 11.1 Å². The van der Waals surface area contributed by atoms with Crippen LogP contribution in [0.4, 0.5) is 4.39 Å². The Labute approximate surface area is 219 Å². The third kappa shape index (κ3) is 4.59. The zero-order valence-electron chi connectivity index (χ0n) is 19.3. The first-order valence-electron chi connectivity index (χ1n) is 11.6. The molecule has 13 heteroatoms. The normalized spacial score (nSPS) is 19.8. The number of amides is 1. The number of H-pyrrole nitrogens is 1. The van der Waals surface area contributed by atoms with Crippen LogP contribution in [0.3, 0.4) is 0 Å². The molecule has 3 unspecified atom stereocenters. The number of nitrogens with two attached hydrogens (primary N) is 1. The minimum atomic E-state index is -0.383. The van der Waals surface area contributed by atoms with Crippen molar-refractivity contribution in [1.82, 2.24) is 40.0 Å². The summed E-state index contributed by atoms with van der Waals surface area (Å²) in [5.41, 5.74) is 8.77. The summed E-state index contributed by atoms with van der Waals surface area (Å²) >= 11 is 7.07. The maximum Gasteiger partial charge on any atom is 0.280 e. The average Bonchev–Trinajstić information content (AvgIpc) is 3.63. The van der Waals surface area contributed by atoms with E-state index in [4.69, 9.17) is 22.3 Å². The number of pyridine rings is 1. The van der Waals surface area contributed by atoms with Gasteiger partial charge in [0.15, 0.2) is 10.8 Å². The zero-order chi connectivity index (χ0) is 25.5. The lowest BCUT2D eigenvalue weighted by molar-refractivity contribution is 0.0917. The molecule has 0 spiro atoms. The van der Waals surface area contributed by atoms with Crippen LogP contribution in [0.5, 0.6) is 0 Å². The van der Waals surface area contributed by atoms with Crippen molar-refractivity contribution in [3.8, 4) is 22.9 Å². The molecule has 1 aromatic carbocycles. The molecule has 4 N–H and O–H groups in total. The number of thiazole rings is 1. The first-order valence-corrected chi connectivity index (χ1v) is 12.8. The fourth-order valence-electron chi connectivity index (χ4n) is 4.92. The molecule has 1 aliphatic rings. The molecule has 0 bridgehead atoms. The SMILES string of the molecule is NC1CC(NC(=O)c2ncc(Cl)s2)CC(n2c(-c3ccccc3F)nc3cnc(-c4nc[nH]n4)cc32)C1. The zero-order valence-corrected chi connectivity index (χ0v) is 20.9. The fraction of sp³-hybridized carbons (Fsp3) is 0.250. The second-order valence-electron chi connectivity index (χ2n) is 8.93. The summed E-state index contributed by atoms with van der Waals surface area (Å²) in [6.07, 6.45) is 6.37. The van der Waals surface area contributed by atoms with Gasteiger partial charge in [-0.25, -0.2) is 19.3 Å². The van der Waals surface area contributed by atoms with Crippen LogP contribution in [0.2, 0.25) is 4.34 Å². The van der Waals surface area contributed by atoms with E-state index in [9.17, 15) is 9.18 Å². The van der Waals surface area contributed by atoms with Crippen molar-refractivity contribution >= 4 is 39.9 Å². The van der Waals surface area contributed by atoms with E-state index in [-0.39, 0.29) is 29.8 Å². The van der Waals surface area contributed by atoms with Crippen molar-refractivity contribution in [2.75, 3.05) is 0 Å². The Bertz CT molecular complexity index is 1580. The van der Waals surface area contributed by atoms with E-state index in [2.05, 4.69) is 30.5 Å². The highest BCUT2D eigenvalue weighted by Gasteiger charge is 2.33. The van der Waals surface area contributed by atoms with Crippen molar-refractivity contribution in [3.63, 3.8) is 0 Å². The highest BCUT2D eigenvalue weighted by atomic mass is 35.5. The van der Waals surface area contributed by atoms with Gasteiger partial charge in [-0.3, -0.25) is 14.9 Å². The molecule has 0 saturated heterocycles. The first kappa shape index (κ1) is 23.6. The summed E-state index contributed by atoms with van der Waals surface area (Å²) in [6, 6.07) is 7.79. The number of aromatic nitrogens is 7. The van der Waals surface area contributed by atoms with Gasteiger partial charge in [-0.05, 0) is 37.5 Å². The molecule has 6 rings (SSSR count). The molecule has 1 amide bonds. The second-order valence-corrected chi connectivity index (χ2v) is 10.6. The molecule has 4 aromatic heterocycles. The molecule has 188 valence electrons. The van der Waals surface area contributed by atoms with Crippen LogP contribution in [0.15, 0.2) is 49.1 Å². The number of imidazole rings is 1. The number of fused-ring (bicyclic) bond motifs is 1. The number of aromatic amines is 1. The number of carbonyl (C=O) groups is 1. The molecule has 0 radical (unpaired) electrons. The van der Waals surface area contributed by atoms with Gasteiger partial charge in [-0.15, -0.1) is 0 Å². The van der Waals surface area contributed by atoms with Crippen LogP contribution in [0.25, 0.3) is 33.9 Å². The smallest absolute Gasteiger partial charge is 0.280 e. The number of benzene rings is 1. The molecule has 1 aliphatic carbocycles. The monoisotopic (exact) mass is 537 g/mol. The van der Waals surface area contributed by atoms with Gasteiger partial charge in [0.1, 0.15) is 33.5 Å². The molecular formula is C24H21ClFN9OS. The topological polar surface area (TPSA) is 140 Å². The molecule has 3 atom stereocenters. The summed E-state index contributed by atoms with van der Waals surface area (Å²) in [5, 5.41) is 10.2. The van der Waals surface area contributed by atoms with Crippen molar-refractivity contribution in [3.05, 3.63) is 64.2 Å². The van der Waals surface area contributed by atoms with Crippen LogP contribution in [-0.4, -0.2) is 52.7 Å². The summed E-state index contributed by atoms with van der Waals surface area (Å²) in [6.45, 7) is 0. The van der Waals surface area contributed by atoms with Crippen molar-refractivity contribution in [1.29, 1.82) is 0 Å². The largest absolute Gasteiger partial charge is 0.347 e. The molecule has 0 aliphatic heterocycles. The molecule has 4 heterocycles. The van der Waals surface area contributed by atoms with E-state index < -0.39 is 0 Å². The number of rotatable bonds is 5. The number of nitrogens with one attached hydrogen (secondary N) is 2. The molecular weight excluding hydrogens is 517 g/mol. The van der Waals surface area contributed by atoms with E-state index in [1.807, 2.05) is 10.6 Å². The summed E-state index contributed by atoms with van der Waals surface area (Å²) < 4.78 is 17.4. The van der Waals surface area contributed by atoms with Gasteiger partial charge in [-0.1, -0.05) is 35.1 Å². The van der Waals surface area contributed by atoms with Gasteiger partial charge in [0.25, 0.3) is 5.91 Å². The van der Waals surface area contributed by atoms with Gasteiger partial charge in [0, 0.05) is 18.1 Å². The van der Waals surface area contributed by atoms with E-state index >= 15 is 0 Å². The Morgan fingerprint density at radius 2 is 2.05 bits per heavy atom. The quantitative estimate of drug-likeness (QED) is 0.308. The summed E-state index contributed by atoms with van der Waals surface area (Å²) in [5.74, 6) is 0.232. The van der Waals surface area contributed by atoms with E-state index in [0.29, 0.717) is 57.0 Å². The lowest BCUT2D eigenvalue weighted by Gasteiger charge is -2.35. The molecule has 10 nitrogen and oxygen atoms in total. The lowest BCUT2D eigenvalue weighted by atomic mass is 9.87. The molecule has 1 saturated carbocycles.